The monoisotopic (exact) mass is 433 g/mol. The van der Waals surface area contributed by atoms with E-state index in [0.29, 0.717) is 12.2 Å². The van der Waals surface area contributed by atoms with Crippen LogP contribution in [0.2, 0.25) is 0 Å². The molecule has 1 aromatic carbocycles. The van der Waals surface area contributed by atoms with Gasteiger partial charge in [0.1, 0.15) is 5.82 Å². The summed E-state index contributed by atoms with van der Waals surface area (Å²) in [5.74, 6) is 0.00321. The van der Waals surface area contributed by atoms with Crippen LogP contribution in [0.15, 0.2) is 36.7 Å². The molecular weight excluding hydrogens is 402 g/mol. The van der Waals surface area contributed by atoms with Crippen LogP contribution < -0.4 is 11.1 Å². The number of anilines is 1. The minimum atomic E-state index is -0.218. The lowest BCUT2D eigenvalue weighted by atomic mass is 10.1. The predicted molar refractivity (Wildman–Crippen MR) is 125 cm³/mol. The van der Waals surface area contributed by atoms with Crippen LogP contribution in [0.4, 0.5) is 5.82 Å². The molecule has 168 valence electrons. The Labute approximate surface area is 189 Å². The van der Waals surface area contributed by atoms with Gasteiger partial charge >= 0.3 is 0 Å². The van der Waals surface area contributed by atoms with Crippen molar-refractivity contribution in [1.29, 1.82) is 0 Å². The van der Waals surface area contributed by atoms with E-state index in [0.717, 1.165) is 41.6 Å². The highest BCUT2D eigenvalue weighted by atomic mass is 16.5. The second-order valence-electron chi connectivity index (χ2n) is 8.74. The van der Waals surface area contributed by atoms with Crippen LogP contribution in [-0.2, 0) is 18.4 Å². The summed E-state index contributed by atoms with van der Waals surface area (Å²) < 4.78 is 7.95. The van der Waals surface area contributed by atoms with E-state index in [2.05, 4.69) is 47.4 Å². The molecule has 0 radical (unpaired) electrons. The number of carbonyl (C=O) groups is 1. The van der Waals surface area contributed by atoms with Crippen LogP contribution in [0.1, 0.15) is 52.0 Å². The third-order valence-corrected chi connectivity index (χ3v) is 6.29. The first-order valence-electron chi connectivity index (χ1n) is 11.1. The number of pyridine rings is 1. The summed E-state index contributed by atoms with van der Waals surface area (Å²) in [6.45, 7) is 6.68. The molecule has 0 unspecified atom stereocenters. The Kier molecular flexibility index (Phi) is 6.28. The Morgan fingerprint density at radius 1 is 1.22 bits per heavy atom. The molecule has 0 bridgehead atoms. The number of hydrogen-bond donors (Lipinski definition) is 2. The Bertz CT molecular complexity index is 1140. The lowest BCUT2D eigenvalue weighted by Crippen LogP contribution is -2.41. The summed E-state index contributed by atoms with van der Waals surface area (Å²) in [4.78, 5) is 17.4. The van der Waals surface area contributed by atoms with Crippen molar-refractivity contribution < 1.29 is 9.53 Å². The fourth-order valence-corrected chi connectivity index (χ4v) is 4.32. The van der Waals surface area contributed by atoms with E-state index >= 15 is 0 Å². The van der Waals surface area contributed by atoms with Crippen LogP contribution >= 0.6 is 0 Å². The molecule has 2 aromatic heterocycles. The molecule has 1 saturated carbocycles. The average molecular weight is 434 g/mol. The molecule has 4 rings (SSSR count). The Balaban J connectivity index is 1.45. The number of amides is 1. The number of nitrogens with one attached hydrogen (secondary N) is 1. The Hall–Kier alpha value is -3.19. The van der Waals surface area contributed by atoms with Gasteiger partial charge in [0.15, 0.2) is 0 Å². The van der Waals surface area contributed by atoms with Gasteiger partial charge in [0, 0.05) is 30.6 Å². The molecule has 0 saturated heterocycles. The van der Waals surface area contributed by atoms with Crippen molar-refractivity contribution in [1.82, 2.24) is 20.1 Å². The van der Waals surface area contributed by atoms with Gasteiger partial charge in [-0.05, 0) is 62.8 Å². The van der Waals surface area contributed by atoms with E-state index in [9.17, 15) is 4.79 Å². The summed E-state index contributed by atoms with van der Waals surface area (Å²) in [5, 5.41) is 7.51. The van der Waals surface area contributed by atoms with Crippen molar-refractivity contribution in [2.24, 2.45) is 7.05 Å². The largest absolute Gasteiger partial charge is 0.383 e. The number of carbonyl (C=O) groups excluding carboxylic acids is 1. The zero-order valence-corrected chi connectivity index (χ0v) is 19.2. The van der Waals surface area contributed by atoms with Crippen molar-refractivity contribution in [2.75, 3.05) is 5.73 Å². The summed E-state index contributed by atoms with van der Waals surface area (Å²) >= 11 is 0. The van der Waals surface area contributed by atoms with Gasteiger partial charge in [-0.15, -0.1) is 0 Å². The maximum absolute atomic E-state index is 13.1. The third kappa shape index (κ3) is 4.67. The fourth-order valence-electron chi connectivity index (χ4n) is 4.32. The van der Waals surface area contributed by atoms with E-state index in [1.54, 1.807) is 16.9 Å². The summed E-state index contributed by atoms with van der Waals surface area (Å²) in [6.07, 6.45) is 6.42. The maximum Gasteiger partial charge on any atom is 0.255 e. The number of benzene rings is 1. The number of hydrogen-bond acceptors (Lipinski definition) is 5. The molecule has 2 heterocycles. The lowest BCUT2D eigenvalue weighted by Gasteiger charge is -2.22. The molecule has 1 fully saturated rings. The second kappa shape index (κ2) is 9.12. The van der Waals surface area contributed by atoms with E-state index in [1.165, 1.54) is 11.1 Å². The minimum absolute atomic E-state index is 0.0153. The zero-order chi connectivity index (χ0) is 22.8. The van der Waals surface area contributed by atoms with Crippen molar-refractivity contribution >= 4 is 11.7 Å². The van der Waals surface area contributed by atoms with Gasteiger partial charge in [0.2, 0.25) is 0 Å². The first-order chi connectivity index (χ1) is 15.3. The van der Waals surface area contributed by atoms with Crippen LogP contribution in [0.3, 0.4) is 0 Å². The number of nitrogen functional groups attached to an aromatic ring is 1. The number of aryl methyl sites for hydroxylation is 4. The molecule has 7 nitrogen and oxygen atoms in total. The summed E-state index contributed by atoms with van der Waals surface area (Å²) in [7, 11) is 1.87. The smallest absolute Gasteiger partial charge is 0.255 e. The van der Waals surface area contributed by atoms with Gasteiger partial charge in [-0.1, -0.05) is 18.2 Å². The van der Waals surface area contributed by atoms with Crippen LogP contribution in [0.25, 0.3) is 11.1 Å². The molecule has 0 aliphatic heterocycles. The molecule has 1 aliphatic rings. The molecule has 3 N–H and O–H groups in total. The minimum Gasteiger partial charge on any atom is -0.383 e. The number of ether oxygens (including phenoxy) is 1. The Morgan fingerprint density at radius 3 is 2.75 bits per heavy atom. The average Bonchev–Trinajstić information content (AvgIpc) is 3.34. The summed E-state index contributed by atoms with van der Waals surface area (Å²) in [5.41, 5.74) is 12.8. The van der Waals surface area contributed by atoms with Gasteiger partial charge in [0.05, 0.1) is 30.0 Å². The van der Waals surface area contributed by atoms with E-state index < -0.39 is 0 Å². The molecule has 1 amide bonds. The molecule has 32 heavy (non-hydrogen) atoms. The Morgan fingerprint density at radius 2 is 2.03 bits per heavy atom. The standard InChI is InChI=1S/C25H31N5O2/c1-15-8-9-18(10-16(15)2)14-32-23-7-5-6-22(23)28-25(31)20-11-19(12-27-24(20)26)21-13-30(4)29-17(21)3/h8-13,22-23H,5-7,14H2,1-4H3,(H2,26,27)(H,28,31)/t22-,23-/m0/s1. The van der Waals surface area contributed by atoms with Crippen LogP contribution in [0.5, 0.6) is 0 Å². The van der Waals surface area contributed by atoms with Crippen molar-refractivity contribution in [3.05, 3.63) is 64.6 Å². The van der Waals surface area contributed by atoms with Crippen LogP contribution in [0, 0.1) is 20.8 Å². The van der Waals surface area contributed by atoms with Gasteiger partial charge < -0.3 is 15.8 Å². The molecular formula is C25H31N5O2. The fraction of sp³-hybridized carbons (Fsp3) is 0.400. The molecule has 3 aromatic rings. The highest BCUT2D eigenvalue weighted by Gasteiger charge is 2.30. The first-order valence-corrected chi connectivity index (χ1v) is 11.1. The highest BCUT2D eigenvalue weighted by Crippen LogP contribution is 2.27. The third-order valence-electron chi connectivity index (χ3n) is 6.29. The van der Waals surface area contributed by atoms with Crippen molar-refractivity contribution in [2.45, 2.75) is 58.8 Å². The zero-order valence-electron chi connectivity index (χ0n) is 19.2. The van der Waals surface area contributed by atoms with Gasteiger partial charge in [-0.2, -0.15) is 5.10 Å². The topological polar surface area (TPSA) is 95.1 Å². The normalized spacial score (nSPS) is 18.1. The maximum atomic E-state index is 13.1. The van der Waals surface area contributed by atoms with E-state index in [-0.39, 0.29) is 23.9 Å². The molecule has 0 spiro atoms. The lowest BCUT2D eigenvalue weighted by molar-refractivity contribution is 0.0272. The van der Waals surface area contributed by atoms with Crippen molar-refractivity contribution in [3.8, 4) is 11.1 Å². The number of nitrogens with two attached hydrogens (primary N) is 1. The number of aromatic nitrogens is 3. The number of rotatable bonds is 6. The first kappa shape index (κ1) is 22.0. The van der Waals surface area contributed by atoms with Gasteiger partial charge in [-0.25, -0.2) is 4.98 Å². The quantitative estimate of drug-likeness (QED) is 0.616. The summed E-state index contributed by atoms with van der Waals surface area (Å²) in [6, 6.07) is 8.13. The van der Waals surface area contributed by atoms with Gasteiger partial charge in [-0.3, -0.25) is 9.48 Å². The molecule has 7 heteroatoms. The second-order valence-corrected chi connectivity index (χ2v) is 8.74. The van der Waals surface area contributed by atoms with E-state index in [4.69, 9.17) is 10.5 Å². The molecule has 2 atom stereocenters. The van der Waals surface area contributed by atoms with Crippen molar-refractivity contribution in [3.63, 3.8) is 0 Å². The predicted octanol–water partition coefficient (Wildman–Crippen LogP) is 3.86. The van der Waals surface area contributed by atoms with Gasteiger partial charge in [0.25, 0.3) is 5.91 Å². The molecule has 1 aliphatic carbocycles. The SMILES string of the molecule is Cc1ccc(CO[C@H]2CCC[C@@H]2NC(=O)c2cc(-c3cn(C)nc3C)cnc2N)cc1C. The number of nitrogens with zero attached hydrogens (tertiary/aromatic N) is 3. The highest BCUT2D eigenvalue weighted by molar-refractivity contribution is 5.99. The van der Waals surface area contributed by atoms with Crippen LogP contribution in [-0.4, -0.2) is 32.8 Å². The van der Waals surface area contributed by atoms with E-state index in [1.807, 2.05) is 20.2 Å².